The lowest BCUT2D eigenvalue weighted by atomic mass is 9.81. The van der Waals surface area contributed by atoms with Crippen LogP contribution in [-0.2, 0) is 10.3 Å². The summed E-state index contributed by atoms with van der Waals surface area (Å²) in [6, 6.07) is 4.48. The van der Waals surface area contributed by atoms with E-state index in [0.717, 1.165) is 31.2 Å². The van der Waals surface area contributed by atoms with Gasteiger partial charge in [0.2, 0.25) is 5.91 Å². The molecule has 1 heterocycles. The molecule has 2 atom stereocenters. The van der Waals surface area contributed by atoms with Crippen molar-refractivity contribution in [1.29, 1.82) is 5.41 Å². The first-order chi connectivity index (χ1) is 16.2. The molecule has 0 unspecified atom stereocenters. The Morgan fingerprint density at radius 3 is 2.79 bits per heavy atom. The summed E-state index contributed by atoms with van der Waals surface area (Å²) in [7, 11) is 0. The van der Waals surface area contributed by atoms with E-state index >= 15 is 0 Å². The number of carbonyl (C=O) groups is 1. The van der Waals surface area contributed by atoms with Gasteiger partial charge >= 0.3 is 0 Å². The molecule has 1 amide bonds. The van der Waals surface area contributed by atoms with Gasteiger partial charge in [-0.15, -0.1) is 0 Å². The lowest BCUT2D eigenvalue weighted by Gasteiger charge is -2.36. The average molecular weight is 485 g/mol. The van der Waals surface area contributed by atoms with Crippen LogP contribution in [0.1, 0.15) is 45.6 Å². The lowest BCUT2D eigenvalue weighted by molar-refractivity contribution is -0.111. The molecule has 1 aromatic carbocycles. The Morgan fingerprint density at radius 1 is 1.38 bits per heavy atom. The minimum atomic E-state index is -0.658. The summed E-state index contributed by atoms with van der Waals surface area (Å²) in [5.74, 6) is 0.00299. The molecule has 6 nitrogen and oxygen atoms in total. The molecule has 2 aliphatic rings. The zero-order chi connectivity index (χ0) is 25.1. The Hall–Kier alpha value is -3.13. The first kappa shape index (κ1) is 27.1. The molecule has 3 rings (SSSR count). The van der Waals surface area contributed by atoms with E-state index < -0.39 is 11.4 Å². The van der Waals surface area contributed by atoms with Crippen molar-refractivity contribution in [2.45, 2.75) is 45.6 Å². The molecular formula is C26H33FN4O2S. The topological polar surface area (TPSA) is 112 Å². The zero-order valence-corrected chi connectivity index (χ0v) is 20.7. The second-order valence-electron chi connectivity index (χ2n) is 8.09. The highest BCUT2D eigenvalue weighted by molar-refractivity contribution is 8.13. The number of aliphatic hydroxyl groups excluding tert-OH is 1. The van der Waals surface area contributed by atoms with Gasteiger partial charge in [0.1, 0.15) is 11.6 Å². The normalized spacial score (nSPS) is 22.7. The third kappa shape index (κ3) is 7.18. The number of amidine groups is 1. The number of nitrogens with zero attached hydrogens (tertiary/aromatic N) is 1. The van der Waals surface area contributed by atoms with Gasteiger partial charge in [-0.3, -0.25) is 9.79 Å². The summed E-state index contributed by atoms with van der Waals surface area (Å²) in [6.45, 7) is 6.14. The van der Waals surface area contributed by atoms with Crippen molar-refractivity contribution in [1.82, 2.24) is 0 Å². The van der Waals surface area contributed by atoms with Crippen LogP contribution in [0.15, 0.2) is 71.0 Å². The largest absolute Gasteiger partial charge is 0.506 e. The predicted octanol–water partition coefficient (Wildman–Crippen LogP) is 6.00. The van der Waals surface area contributed by atoms with E-state index in [1.165, 1.54) is 47.7 Å². The number of thioether (sulfide) groups is 1. The number of anilines is 1. The van der Waals surface area contributed by atoms with Gasteiger partial charge in [-0.05, 0) is 63.8 Å². The van der Waals surface area contributed by atoms with E-state index in [1.807, 2.05) is 19.9 Å². The number of nitrogens with one attached hydrogen (secondary N) is 2. The smallest absolute Gasteiger partial charge is 0.248 e. The number of aliphatic hydroxyl groups is 1. The molecule has 1 aromatic rings. The summed E-state index contributed by atoms with van der Waals surface area (Å²) in [5.41, 5.74) is 7.54. The van der Waals surface area contributed by atoms with Crippen molar-refractivity contribution in [3.05, 3.63) is 77.4 Å². The summed E-state index contributed by atoms with van der Waals surface area (Å²) in [4.78, 5) is 16.7. The third-order valence-corrected chi connectivity index (χ3v) is 6.73. The van der Waals surface area contributed by atoms with Crippen LogP contribution in [0, 0.1) is 17.1 Å². The highest BCUT2D eigenvalue weighted by Crippen LogP contribution is 2.51. The first-order valence-electron chi connectivity index (χ1n) is 11.2. The SMILES string of the molecule is C/C=C\C(C)=C/C.N=C/C(O)=C\C=C\C(=O)Nc1ccc(F)c([C@]23CCC[C@H]2CSC(N)=N3)c1. The van der Waals surface area contributed by atoms with Crippen molar-refractivity contribution in [2.75, 3.05) is 11.1 Å². The van der Waals surface area contributed by atoms with E-state index in [-0.39, 0.29) is 17.5 Å². The van der Waals surface area contributed by atoms with Crippen molar-refractivity contribution in [3.8, 4) is 0 Å². The van der Waals surface area contributed by atoms with Crippen LogP contribution in [0.25, 0.3) is 0 Å². The monoisotopic (exact) mass is 484 g/mol. The molecule has 0 aromatic heterocycles. The molecule has 182 valence electrons. The molecule has 34 heavy (non-hydrogen) atoms. The molecule has 0 bridgehead atoms. The van der Waals surface area contributed by atoms with Crippen molar-refractivity contribution in [2.24, 2.45) is 16.6 Å². The summed E-state index contributed by atoms with van der Waals surface area (Å²) < 4.78 is 14.7. The molecule has 1 fully saturated rings. The summed E-state index contributed by atoms with van der Waals surface area (Å²) in [5, 5.41) is 19.2. The number of allylic oxidation sites excluding steroid dienone is 7. The molecule has 1 saturated carbocycles. The maximum Gasteiger partial charge on any atom is 0.248 e. The van der Waals surface area contributed by atoms with E-state index in [0.29, 0.717) is 16.4 Å². The highest BCUT2D eigenvalue weighted by atomic mass is 32.2. The molecular weight excluding hydrogens is 451 g/mol. The van der Waals surface area contributed by atoms with Gasteiger partial charge in [0, 0.05) is 23.1 Å². The fourth-order valence-electron chi connectivity index (χ4n) is 4.02. The zero-order valence-electron chi connectivity index (χ0n) is 19.8. The Labute approximate surface area is 205 Å². The van der Waals surface area contributed by atoms with Crippen molar-refractivity contribution >= 4 is 34.7 Å². The standard InChI is InChI=1S/C19H21FN4O2S.C7H12/c20-16-7-6-13(23-17(26)5-1-4-14(25)10-21)9-15(16)19-8-2-3-12(19)11-27-18(22)24-19;1-4-6-7(3)5-2/h1,4-7,9-10,12,21,25H,2-3,8,11H2,(H2,22,24)(H,23,26);4-6H,1-3H3/b5-1+,14-4+,21-10?;6-4-,7-5-/t12-,19-;/m0./s1. The van der Waals surface area contributed by atoms with Crippen LogP contribution in [0.3, 0.4) is 0 Å². The van der Waals surface area contributed by atoms with E-state index in [1.54, 1.807) is 6.07 Å². The molecule has 0 radical (unpaired) electrons. The second-order valence-corrected chi connectivity index (χ2v) is 9.13. The van der Waals surface area contributed by atoms with Gasteiger partial charge in [-0.1, -0.05) is 48.1 Å². The number of rotatable bonds is 6. The average Bonchev–Trinajstić information content (AvgIpc) is 3.24. The van der Waals surface area contributed by atoms with Crippen molar-refractivity contribution in [3.63, 3.8) is 0 Å². The maximum absolute atomic E-state index is 14.7. The number of carbonyl (C=O) groups excluding carboxylic acids is 1. The van der Waals surface area contributed by atoms with E-state index in [4.69, 9.17) is 16.2 Å². The quantitative estimate of drug-likeness (QED) is 0.172. The van der Waals surface area contributed by atoms with Crippen molar-refractivity contribution < 1.29 is 14.3 Å². The molecule has 0 spiro atoms. The number of nitrogens with two attached hydrogens (primary N) is 1. The second kappa shape index (κ2) is 12.9. The number of aliphatic imine (C=N–C) groups is 1. The molecule has 1 aliphatic carbocycles. The first-order valence-corrected chi connectivity index (χ1v) is 12.2. The third-order valence-electron chi connectivity index (χ3n) is 5.78. The van der Waals surface area contributed by atoms with E-state index in [9.17, 15) is 9.18 Å². The van der Waals surface area contributed by atoms with Gasteiger partial charge in [-0.2, -0.15) is 0 Å². The van der Waals surface area contributed by atoms with Gasteiger partial charge in [-0.25, -0.2) is 4.39 Å². The highest BCUT2D eigenvalue weighted by Gasteiger charge is 2.48. The van der Waals surface area contributed by atoms with Gasteiger partial charge < -0.3 is 21.6 Å². The van der Waals surface area contributed by atoms with Crippen LogP contribution in [0.5, 0.6) is 0 Å². The number of fused-ring (bicyclic) bond motifs is 1. The Balaban J connectivity index is 0.000000509. The van der Waals surface area contributed by atoms with Crippen LogP contribution in [0.4, 0.5) is 10.1 Å². The molecule has 1 aliphatic heterocycles. The Morgan fingerprint density at radius 2 is 2.15 bits per heavy atom. The maximum atomic E-state index is 14.7. The number of amides is 1. The van der Waals surface area contributed by atoms with Gasteiger partial charge in [0.25, 0.3) is 0 Å². The number of hydrogen-bond donors (Lipinski definition) is 4. The fraction of sp³-hybridized carbons (Fsp3) is 0.346. The number of hydrogen-bond acceptors (Lipinski definition) is 6. The number of benzene rings is 1. The van der Waals surface area contributed by atoms with E-state index in [2.05, 4.69) is 29.4 Å². The molecule has 0 saturated heterocycles. The fourth-order valence-corrected chi connectivity index (χ4v) is 5.06. The van der Waals surface area contributed by atoms with Gasteiger partial charge in [0.05, 0.1) is 11.8 Å². The Bertz CT molecular complexity index is 1050. The van der Waals surface area contributed by atoms with Crippen LogP contribution >= 0.6 is 11.8 Å². The number of halogens is 1. The van der Waals surface area contributed by atoms with Crippen LogP contribution in [-0.4, -0.2) is 28.1 Å². The van der Waals surface area contributed by atoms with Crippen LogP contribution in [0.2, 0.25) is 0 Å². The Kier molecular flexibility index (Phi) is 10.3. The predicted molar refractivity (Wildman–Crippen MR) is 141 cm³/mol. The van der Waals surface area contributed by atoms with Crippen LogP contribution < -0.4 is 11.1 Å². The summed E-state index contributed by atoms with van der Waals surface area (Å²) in [6.07, 6.45) is 13.4. The van der Waals surface area contributed by atoms with Gasteiger partial charge in [0.15, 0.2) is 5.17 Å². The minimum absolute atomic E-state index is 0.226. The molecule has 5 N–H and O–H groups in total. The summed E-state index contributed by atoms with van der Waals surface area (Å²) >= 11 is 1.51. The lowest BCUT2D eigenvalue weighted by Crippen LogP contribution is -2.37. The minimum Gasteiger partial charge on any atom is -0.506 e. The molecule has 8 heteroatoms.